The Morgan fingerprint density at radius 1 is 1.45 bits per heavy atom. The molecule has 0 aliphatic heterocycles. The molecule has 2 N–H and O–H groups in total. The molecule has 0 saturated carbocycles. The molecule has 0 fully saturated rings. The molecular weight excluding hydrogens is 274 g/mol. The Morgan fingerprint density at radius 3 is 2.95 bits per heavy atom. The van der Waals surface area contributed by atoms with Crippen LogP contribution in [-0.4, -0.2) is 39.9 Å². The monoisotopic (exact) mass is 293 g/mol. The third-order valence-electron chi connectivity index (χ3n) is 2.53. The van der Waals surface area contributed by atoms with E-state index in [0.717, 1.165) is 5.56 Å². The molecule has 0 saturated heterocycles. The number of amides is 1. The zero-order chi connectivity index (χ0) is 14.8. The Morgan fingerprint density at radius 2 is 2.25 bits per heavy atom. The summed E-state index contributed by atoms with van der Waals surface area (Å²) in [7, 11) is -0.870. The molecule has 0 aromatic heterocycles. The van der Waals surface area contributed by atoms with Gasteiger partial charge in [0, 0.05) is 46.4 Å². The molecule has 0 aliphatic carbocycles. The van der Waals surface area contributed by atoms with Crippen LogP contribution in [-0.2, 0) is 10.8 Å². The first kappa shape index (κ1) is 16.4. The molecule has 1 amide bonds. The molecule has 4 nitrogen and oxygen atoms in total. The number of rotatable bonds is 6. The number of benzene rings is 1. The van der Waals surface area contributed by atoms with Crippen molar-refractivity contribution >= 4 is 16.7 Å². The molecule has 108 valence electrons. The molecule has 5 heteroatoms. The van der Waals surface area contributed by atoms with Crippen molar-refractivity contribution in [3.8, 4) is 11.8 Å². The molecule has 1 aromatic rings. The second-order valence-corrected chi connectivity index (χ2v) is 5.91. The molecule has 1 unspecified atom stereocenters. The molecule has 0 bridgehead atoms. The topological polar surface area (TPSA) is 66.4 Å². The van der Waals surface area contributed by atoms with Gasteiger partial charge in [-0.2, -0.15) is 0 Å². The van der Waals surface area contributed by atoms with Crippen molar-refractivity contribution < 1.29 is 14.1 Å². The Labute approximate surface area is 122 Å². The van der Waals surface area contributed by atoms with E-state index in [2.05, 4.69) is 17.2 Å². The van der Waals surface area contributed by atoms with E-state index in [9.17, 15) is 9.00 Å². The van der Waals surface area contributed by atoms with Gasteiger partial charge in [0.2, 0.25) is 0 Å². The van der Waals surface area contributed by atoms with Crippen LogP contribution in [0.5, 0.6) is 0 Å². The van der Waals surface area contributed by atoms with Gasteiger partial charge in [0.05, 0.1) is 6.61 Å². The fraction of sp³-hybridized carbons (Fsp3) is 0.400. The van der Waals surface area contributed by atoms with Gasteiger partial charge in [0.1, 0.15) is 0 Å². The Hall–Kier alpha value is -1.64. The summed E-state index contributed by atoms with van der Waals surface area (Å²) >= 11 is 0. The van der Waals surface area contributed by atoms with Gasteiger partial charge >= 0.3 is 0 Å². The van der Waals surface area contributed by atoms with E-state index < -0.39 is 10.8 Å². The molecule has 0 spiro atoms. The number of hydrogen-bond donors (Lipinski definition) is 2. The molecule has 0 heterocycles. The molecule has 20 heavy (non-hydrogen) atoms. The first-order chi connectivity index (χ1) is 9.67. The summed E-state index contributed by atoms with van der Waals surface area (Å²) in [6.45, 7) is 2.29. The van der Waals surface area contributed by atoms with E-state index in [0.29, 0.717) is 30.0 Å². The van der Waals surface area contributed by atoms with E-state index >= 15 is 0 Å². The van der Waals surface area contributed by atoms with Crippen molar-refractivity contribution in [3.05, 3.63) is 35.4 Å². The van der Waals surface area contributed by atoms with Crippen LogP contribution in [0.2, 0.25) is 0 Å². The highest BCUT2D eigenvalue weighted by Gasteiger charge is 2.05. The lowest BCUT2D eigenvalue weighted by Gasteiger charge is -2.05. The first-order valence-corrected chi connectivity index (χ1v) is 7.99. The lowest BCUT2D eigenvalue weighted by molar-refractivity contribution is 0.0956. The Bertz CT molecular complexity index is 531. The summed E-state index contributed by atoms with van der Waals surface area (Å²) in [6, 6.07) is 7.00. The van der Waals surface area contributed by atoms with Crippen molar-refractivity contribution in [2.24, 2.45) is 0 Å². The summed E-state index contributed by atoms with van der Waals surface area (Å²) < 4.78 is 11.3. The second-order valence-electron chi connectivity index (χ2n) is 4.04. The van der Waals surface area contributed by atoms with Crippen LogP contribution in [0.15, 0.2) is 24.3 Å². The number of nitrogens with one attached hydrogen (secondary N) is 1. The standard InChI is InChI=1S/C15H19NO3S/c1-2-20(19)11-9-16-15(18)14-8-5-7-13(12-14)6-3-4-10-17/h5,7-8,12,17H,2,4,9-11H2,1H3,(H,16,18). The molecule has 1 atom stereocenters. The minimum atomic E-state index is -0.870. The van der Waals surface area contributed by atoms with Gasteiger partial charge in [-0.25, -0.2) is 0 Å². The van der Waals surface area contributed by atoms with Gasteiger partial charge < -0.3 is 10.4 Å². The van der Waals surface area contributed by atoms with Crippen molar-refractivity contribution in [2.75, 3.05) is 24.7 Å². The van der Waals surface area contributed by atoms with E-state index in [4.69, 9.17) is 5.11 Å². The normalized spacial score (nSPS) is 11.3. The van der Waals surface area contributed by atoms with Gasteiger partial charge in [0.15, 0.2) is 0 Å². The average Bonchev–Trinajstić information content (AvgIpc) is 2.47. The predicted octanol–water partition coefficient (Wildman–Crippen LogP) is 0.919. The molecule has 1 rings (SSSR count). The summed E-state index contributed by atoms with van der Waals surface area (Å²) in [5.41, 5.74) is 1.27. The van der Waals surface area contributed by atoms with Crippen LogP contribution in [0.4, 0.5) is 0 Å². The van der Waals surface area contributed by atoms with Crippen molar-refractivity contribution in [1.29, 1.82) is 0 Å². The largest absolute Gasteiger partial charge is 0.395 e. The highest BCUT2D eigenvalue weighted by Crippen LogP contribution is 2.04. The van der Waals surface area contributed by atoms with E-state index in [-0.39, 0.29) is 12.5 Å². The first-order valence-electron chi connectivity index (χ1n) is 6.50. The third kappa shape index (κ3) is 6.00. The number of aliphatic hydroxyl groups is 1. The molecule has 0 aliphatic rings. The highest BCUT2D eigenvalue weighted by atomic mass is 32.2. The van der Waals surface area contributed by atoms with Gasteiger partial charge in [-0.05, 0) is 18.2 Å². The van der Waals surface area contributed by atoms with Crippen LogP contribution in [0.3, 0.4) is 0 Å². The molecule has 0 radical (unpaired) electrons. The van der Waals surface area contributed by atoms with Crippen molar-refractivity contribution in [3.63, 3.8) is 0 Å². The zero-order valence-electron chi connectivity index (χ0n) is 11.5. The lowest BCUT2D eigenvalue weighted by Crippen LogP contribution is -2.28. The predicted molar refractivity (Wildman–Crippen MR) is 80.9 cm³/mol. The Balaban J connectivity index is 2.58. The number of carbonyl (C=O) groups excluding carboxylic acids is 1. The van der Waals surface area contributed by atoms with Crippen LogP contribution >= 0.6 is 0 Å². The maximum absolute atomic E-state index is 11.9. The number of hydrogen-bond acceptors (Lipinski definition) is 3. The summed E-state index contributed by atoms with van der Waals surface area (Å²) in [6.07, 6.45) is 0.416. The summed E-state index contributed by atoms with van der Waals surface area (Å²) in [5.74, 6) is 6.58. The van der Waals surface area contributed by atoms with Gasteiger partial charge in [-0.1, -0.05) is 24.8 Å². The summed E-state index contributed by atoms with van der Waals surface area (Å²) in [4.78, 5) is 11.9. The smallest absolute Gasteiger partial charge is 0.251 e. The maximum atomic E-state index is 11.9. The third-order valence-corrected chi connectivity index (χ3v) is 3.83. The molecule has 1 aromatic carbocycles. The van der Waals surface area contributed by atoms with E-state index in [1.807, 2.05) is 13.0 Å². The minimum Gasteiger partial charge on any atom is -0.395 e. The fourth-order valence-electron chi connectivity index (χ4n) is 1.48. The van der Waals surface area contributed by atoms with Crippen molar-refractivity contribution in [2.45, 2.75) is 13.3 Å². The second kappa shape index (κ2) is 9.29. The highest BCUT2D eigenvalue weighted by molar-refractivity contribution is 7.84. The Kier molecular flexibility index (Phi) is 7.63. The SMILES string of the molecule is CCS(=O)CCNC(=O)c1cccc(C#CCCO)c1. The summed E-state index contributed by atoms with van der Waals surface area (Å²) in [5, 5.41) is 11.4. The van der Waals surface area contributed by atoms with Gasteiger partial charge in [0.25, 0.3) is 5.91 Å². The molecular formula is C15H19NO3S. The van der Waals surface area contributed by atoms with Crippen LogP contribution < -0.4 is 5.32 Å². The van der Waals surface area contributed by atoms with Gasteiger partial charge in [-0.15, -0.1) is 0 Å². The van der Waals surface area contributed by atoms with Crippen LogP contribution in [0.25, 0.3) is 0 Å². The van der Waals surface area contributed by atoms with Gasteiger partial charge in [-0.3, -0.25) is 9.00 Å². The fourth-order valence-corrected chi connectivity index (χ4v) is 2.10. The average molecular weight is 293 g/mol. The number of carbonyl (C=O) groups is 1. The van der Waals surface area contributed by atoms with Crippen LogP contribution in [0.1, 0.15) is 29.3 Å². The maximum Gasteiger partial charge on any atom is 0.251 e. The van der Waals surface area contributed by atoms with E-state index in [1.165, 1.54) is 0 Å². The van der Waals surface area contributed by atoms with Crippen molar-refractivity contribution in [1.82, 2.24) is 5.32 Å². The minimum absolute atomic E-state index is 0.0295. The van der Waals surface area contributed by atoms with Crippen LogP contribution in [0, 0.1) is 11.8 Å². The van der Waals surface area contributed by atoms with E-state index in [1.54, 1.807) is 18.2 Å². The quantitative estimate of drug-likeness (QED) is 0.767. The lowest BCUT2D eigenvalue weighted by atomic mass is 10.1. The number of aliphatic hydroxyl groups excluding tert-OH is 1. The zero-order valence-corrected chi connectivity index (χ0v) is 12.3.